The van der Waals surface area contributed by atoms with Crippen LogP contribution in [0.15, 0.2) is 23.0 Å². The summed E-state index contributed by atoms with van der Waals surface area (Å²) in [5.74, 6) is 0. The first-order chi connectivity index (χ1) is 12.0. The van der Waals surface area contributed by atoms with Gasteiger partial charge < -0.3 is 20.3 Å². The summed E-state index contributed by atoms with van der Waals surface area (Å²) in [6, 6.07) is 6.01. The van der Waals surface area contributed by atoms with E-state index in [-0.39, 0.29) is 12.2 Å². The molecule has 1 aromatic heterocycles. The molecule has 25 heavy (non-hydrogen) atoms. The van der Waals surface area contributed by atoms with Gasteiger partial charge in [-0.05, 0) is 49.7 Å². The van der Waals surface area contributed by atoms with E-state index in [0.717, 1.165) is 41.4 Å². The van der Waals surface area contributed by atoms with Gasteiger partial charge in [0.2, 0.25) is 0 Å². The maximum Gasteiger partial charge on any atom is 0.253 e. The van der Waals surface area contributed by atoms with E-state index in [4.69, 9.17) is 12.2 Å². The lowest BCUT2D eigenvalue weighted by Gasteiger charge is -2.25. The molecular formula is C19H27N3O2S. The Labute approximate surface area is 154 Å². The minimum absolute atomic E-state index is 0.0147. The highest BCUT2D eigenvalue weighted by Gasteiger charge is 2.13. The molecular weight excluding hydrogens is 334 g/mol. The number of hydrogen-bond acceptors (Lipinski definition) is 3. The molecule has 0 unspecified atom stereocenters. The molecule has 0 spiro atoms. The second-order valence-corrected chi connectivity index (χ2v) is 6.73. The smallest absolute Gasteiger partial charge is 0.253 e. The van der Waals surface area contributed by atoms with E-state index in [2.05, 4.69) is 23.3 Å². The monoisotopic (exact) mass is 361 g/mol. The van der Waals surface area contributed by atoms with Gasteiger partial charge in [0, 0.05) is 24.0 Å². The van der Waals surface area contributed by atoms with Crippen molar-refractivity contribution in [2.45, 2.75) is 40.2 Å². The van der Waals surface area contributed by atoms with Gasteiger partial charge in [-0.1, -0.05) is 25.5 Å². The number of aliphatic hydroxyl groups excluding tert-OH is 1. The fraction of sp³-hybridized carbons (Fsp3) is 0.474. The number of aromatic nitrogens is 1. The van der Waals surface area contributed by atoms with Crippen LogP contribution in [0.25, 0.3) is 10.9 Å². The summed E-state index contributed by atoms with van der Waals surface area (Å²) in [5.41, 5.74) is 3.59. The Morgan fingerprint density at radius 3 is 2.72 bits per heavy atom. The van der Waals surface area contributed by atoms with Crippen LogP contribution in [0.1, 0.15) is 36.5 Å². The molecule has 0 radical (unpaired) electrons. The molecule has 136 valence electrons. The number of aryl methyl sites for hydroxylation is 2. The number of aliphatic hydroxyl groups is 1. The lowest BCUT2D eigenvalue weighted by atomic mass is 10.0. The fourth-order valence-corrected chi connectivity index (χ4v) is 3.06. The van der Waals surface area contributed by atoms with Gasteiger partial charge in [0.1, 0.15) is 0 Å². The average Bonchev–Trinajstić information content (AvgIpc) is 2.59. The first-order valence-corrected chi connectivity index (χ1v) is 9.14. The Morgan fingerprint density at radius 2 is 2.04 bits per heavy atom. The van der Waals surface area contributed by atoms with Gasteiger partial charge >= 0.3 is 0 Å². The number of benzene rings is 1. The van der Waals surface area contributed by atoms with Crippen molar-refractivity contribution in [3.63, 3.8) is 0 Å². The molecule has 0 aliphatic heterocycles. The number of nitrogens with one attached hydrogen (secondary N) is 2. The van der Waals surface area contributed by atoms with Crippen LogP contribution >= 0.6 is 12.2 Å². The van der Waals surface area contributed by atoms with E-state index < -0.39 is 0 Å². The van der Waals surface area contributed by atoms with Gasteiger partial charge in [0.15, 0.2) is 5.11 Å². The number of unbranched alkanes of at least 4 members (excludes halogenated alkanes) is 1. The van der Waals surface area contributed by atoms with Crippen LogP contribution in [-0.2, 0) is 6.54 Å². The predicted octanol–water partition coefficient (Wildman–Crippen LogP) is 2.61. The van der Waals surface area contributed by atoms with Gasteiger partial charge in [-0.2, -0.15) is 0 Å². The molecule has 2 aromatic rings. The molecule has 3 N–H and O–H groups in total. The fourth-order valence-electron chi connectivity index (χ4n) is 2.80. The van der Waals surface area contributed by atoms with Crippen molar-refractivity contribution in [1.82, 2.24) is 15.2 Å². The first-order valence-electron chi connectivity index (χ1n) is 8.73. The molecule has 0 atom stereocenters. The number of fused-ring (bicyclic) bond motifs is 1. The third-order valence-electron chi connectivity index (χ3n) is 4.35. The third kappa shape index (κ3) is 4.80. The predicted molar refractivity (Wildman–Crippen MR) is 107 cm³/mol. The zero-order valence-electron chi connectivity index (χ0n) is 15.2. The summed E-state index contributed by atoms with van der Waals surface area (Å²) in [6.45, 7) is 7.69. The minimum Gasteiger partial charge on any atom is -0.395 e. The van der Waals surface area contributed by atoms with E-state index in [9.17, 15) is 9.90 Å². The van der Waals surface area contributed by atoms with Crippen molar-refractivity contribution < 1.29 is 5.11 Å². The quantitative estimate of drug-likeness (QED) is 0.522. The van der Waals surface area contributed by atoms with Crippen LogP contribution in [0, 0.1) is 13.8 Å². The zero-order valence-corrected chi connectivity index (χ0v) is 16.0. The lowest BCUT2D eigenvalue weighted by Crippen LogP contribution is -2.42. The molecule has 1 heterocycles. The van der Waals surface area contributed by atoms with Crippen LogP contribution in [0.3, 0.4) is 0 Å². The molecule has 0 fully saturated rings. The normalized spacial score (nSPS) is 10.9. The summed E-state index contributed by atoms with van der Waals surface area (Å²) in [7, 11) is 0. The Kier molecular flexibility index (Phi) is 6.96. The van der Waals surface area contributed by atoms with Crippen LogP contribution in [0.4, 0.5) is 0 Å². The number of thiocarbonyl (C=S) groups is 1. The standard InChI is InChI=1S/C19H27N3O2S/c1-4-5-8-20-19(25)22(9-10-23)12-15-11-16-13(2)6-7-14(3)17(16)21-18(15)24/h6-7,11,23H,4-5,8-10,12H2,1-3H3,(H,20,25)(H,21,24). The molecule has 0 saturated carbocycles. The Morgan fingerprint density at radius 1 is 1.32 bits per heavy atom. The second kappa shape index (κ2) is 8.97. The van der Waals surface area contributed by atoms with Gasteiger partial charge in [-0.3, -0.25) is 4.79 Å². The molecule has 0 amide bonds. The summed E-state index contributed by atoms with van der Waals surface area (Å²) in [6.07, 6.45) is 2.11. The molecule has 1 aromatic carbocycles. The molecule has 6 heteroatoms. The van der Waals surface area contributed by atoms with Crippen molar-refractivity contribution in [3.05, 3.63) is 45.2 Å². The maximum absolute atomic E-state index is 12.5. The average molecular weight is 362 g/mol. The number of rotatable bonds is 7. The van der Waals surface area contributed by atoms with Crippen molar-refractivity contribution in [2.24, 2.45) is 0 Å². The highest BCUT2D eigenvalue weighted by Crippen LogP contribution is 2.20. The summed E-state index contributed by atoms with van der Waals surface area (Å²) in [4.78, 5) is 17.3. The molecule has 0 saturated heterocycles. The van der Waals surface area contributed by atoms with Gasteiger partial charge in [-0.25, -0.2) is 0 Å². The van der Waals surface area contributed by atoms with Crippen molar-refractivity contribution in [1.29, 1.82) is 0 Å². The third-order valence-corrected chi connectivity index (χ3v) is 4.75. The lowest BCUT2D eigenvalue weighted by molar-refractivity contribution is 0.245. The molecule has 5 nitrogen and oxygen atoms in total. The van der Waals surface area contributed by atoms with Crippen LogP contribution in [0.5, 0.6) is 0 Å². The number of nitrogens with zero attached hydrogens (tertiary/aromatic N) is 1. The molecule has 0 aliphatic carbocycles. The van der Waals surface area contributed by atoms with E-state index >= 15 is 0 Å². The number of pyridine rings is 1. The topological polar surface area (TPSA) is 68.4 Å². The van der Waals surface area contributed by atoms with Crippen molar-refractivity contribution in [2.75, 3.05) is 19.7 Å². The van der Waals surface area contributed by atoms with E-state index in [1.807, 2.05) is 30.9 Å². The van der Waals surface area contributed by atoms with Crippen LogP contribution < -0.4 is 10.9 Å². The van der Waals surface area contributed by atoms with Crippen molar-refractivity contribution >= 4 is 28.2 Å². The Balaban J connectivity index is 2.29. The van der Waals surface area contributed by atoms with E-state index in [1.54, 1.807) is 0 Å². The molecule has 2 rings (SSSR count). The van der Waals surface area contributed by atoms with Gasteiger partial charge in [0.05, 0.1) is 18.7 Å². The van der Waals surface area contributed by atoms with Crippen molar-refractivity contribution in [3.8, 4) is 0 Å². The largest absolute Gasteiger partial charge is 0.395 e. The number of hydrogen-bond donors (Lipinski definition) is 3. The molecule has 0 aliphatic rings. The number of aromatic amines is 1. The van der Waals surface area contributed by atoms with Crippen LogP contribution in [-0.4, -0.2) is 39.8 Å². The number of H-pyrrole nitrogens is 1. The van der Waals surface area contributed by atoms with Gasteiger partial charge in [0.25, 0.3) is 5.56 Å². The summed E-state index contributed by atoms with van der Waals surface area (Å²) in [5, 5.41) is 14.2. The SMILES string of the molecule is CCCCNC(=S)N(CCO)Cc1cc2c(C)ccc(C)c2[nH]c1=O. The highest BCUT2D eigenvalue weighted by molar-refractivity contribution is 7.80. The second-order valence-electron chi connectivity index (χ2n) is 6.34. The minimum atomic E-state index is -0.111. The summed E-state index contributed by atoms with van der Waals surface area (Å²) >= 11 is 5.43. The Bertz CT molecular complexity index is 801. The Hall–Kier alpha value is -1.92. The van der Waals surface area contributed by atoms with E-state index in [1.165, 1.54) is 0 Å². The van der Waals surface area contributed by atoms with E-state index in [0.29, 0.717) is 23.8 Å². The van der Waals surface area contributed by atoms with Gasteiger partial charge in [-0.15, -0.1) is 0 Å². The zero-order chi connectivity index (χ0) is 18.4. The highest BCUT2D eigenvalue weighted by atomic mass is 32.1. The maximum atomic E-state index is 12.5. The first kappa shape index (κ1) is 19.4. The molecule has 0 bridgehead atoms. The summed E-state index contributed by atoms with van der Waals surface area (Å²) < 4.78 is 0. The van der Waals surface area contributed by atoms with Crippen LogP contribution in [0.2, 0.25) is 0 Å².